The van der Waals surface area contributed by atoms with Crippen LogP contribution in [0, 0.1) is 6.92 Å². The van der Waals surface area contributed by atoms with Gasteiger partial charge in [0.05, 0.1) is 25.4 Å². The highest BCUT2D eigenvalue weighted by atomic mass is 16.5. The number of ether oxygens (including phenoxy) is 2. The fourth-order valence-corrected chi connectivity index (χ4v) is 3.27. The molecule has 6 nitrogen and oxygen atoms in total. The summed E-state index contributed by atoms with van der Waals surface area (Å²) in [4.78, 5) is 28.4. The van der Waals surface area contributed by atoms with E-state index in [9.17, 15) is 9.59 Å². The fraction of sp³-hybridized carbons (Fsp3) is 0.318. The molecule has 0 fully saturated rings. The maximum absolute atomic E-state index is 11.6. The summed E-state index contributed by atoms with van der Waals surface area (Å²) in [5, 5.41) is 0. The number of amides is 1. The van der Waals surface area contributed by atoms with Gasteiger partial charge in [0.15, 0.2) is 11.5 Å². The lowest BCUT2D eigenvalue weighted by atomic mass is 10.1. The molecule has 0 bridgehead atoms. The summed E-state index contributed by atoms with van der Waals surface area (Å²) in [6.07, 6.45) is 5.38. The Kier molecular flexibility index (Phi) is 6.42. The van der Waals surface area contributed by atoms with Gasteiger partial charge in [0.2, 0.25) is 6.41 Å². The second kappa shape index (κ2) is 9.17. The Labute approximate surface area is 164 Å². The summed E-state index contributed by atoms with van der Waals surface area (Å²) < 4.78 is 11.2. The number of aryl methyl sites for hydroxylation is 1. The van der Waals surface area contributed by atoms with Gasteiger partial charge in [-0.3, -0.25) is 9.79 Å². The first kappa shape index (κ1) is 19.6. The van der Waals surface area contributed by atoms with Crippen LogP contribution in [-0.2, 0) is 16.0 Å². The van der Waals surface area contributed by atoms with Gasteiger partial charge in [0.1, 0.15) is 6.29 Å². The van der Waals surface area contributed by atoms with Crippen LogP contribution in [0.1, 0.15) is 24.0 Å². The molecule has 1 aliphatic rings. The van der Waals surface area contributed by atoms with Crippen molar-refractivity contribution in [3.8, 4) is 11.5 Å². The summed E-state index contributed by atoms with van der Waals surface area (Å²) in [5.41, 5.74) is 3.77. The van der Waals surface area contributed by atoms with Crippen molar-refractivity contribution in [1.82, 2.24) is 0 Å². The van der Waals surface area contributed by atoms with Gasteiger partial charge in [-0.1, -0.05) is 18.2 Å². The van der Waals surface area contributed by atoms with Crippen molar-refractivity contribution in [2.24, 2.45) is 4.99 Å². The van der Waals surface area contributed by atoms with Gasteiger partial charge in [0.25, 0.3) is 0 Å². The van der Waals surface area contributed by atoms with E-state index in [-0.39, 0.29) is 6.04 Å². The lowest BCUT2D eigenvalue weighted by Gasteiger charge is -2.17. The molecule has 146 valence electrons. The topological polar surface area (TPSA) is 68.2 Å². The highest BCUT2D eigenvalue weighted by molar-refractivity contribution is 5.90. The van der Waals surface area contributed by atoms with Gasteiger partial charge in [-0.15, -0.1) is 0 Å². The van der Waals surface area contributed by atoms with E-state index in [1.807, 2.05) is 43.3 Å². The number of hydrogen-bond acceptors (Lipinski definition) is 5. The molecule has 0 spiro atoms. The molecule has 2 aromatic rings. The molecular formula is C22H24N2O4. The standard InChI is InChI=1S/C22H24N2O4/c1-16-11-21(27-2)22(28-10-6-5-9-25)13-19(16)23-14-18-12-17-7-3-4-8-20(17)24(18)15-26/h3-4,7-9,11,13-15,18H,5-6,10,12H2,1-2H3. The first-order valence-electron chi connectivity index (χ1n) is 9.28. The third kappa shape index (κ3) is 4.22. The lowest BCUT2D eigenvalue weighted by Crippen LogP contribution is -2.31. The van der Waals surface area contributed by atoms with Crippen LogP contribution in [-0.4, -0.2) is 38.7 Å². The number of methoxy groups -OCH3 is 1. The third-order valence-corrected chi connectivity index (χ3v) is 4.76. The summed E-state index contributed by atoms with van der Waals surface area (Å²) in [6.45, 7) is 2.38. The molecular weight excluding hydrogens is 356 g/mol. The molecule has 0 radical (unpaired) electrons. The molecule has 1 amide bonds. The molecule has 1 aliphatic heterocycles. The molecule has 1 unspecified atom stereocenters. The summed E-state index contributed by atoms with van der Waals surface area (Å²) in [7, 11) is 1.59. The molecule has 0 aromatic heterocycles. The molecule has 0 N–H and O–H groups in total. The van der Waals surface area contributed by atoms with Crippen LogP contribution in [0.2, 0.25) is 0 Å². The van der Waals surface area contributed by atoms with Gasteiger partial charge in [-0.25, -0.2) is 0 Å². The van der Waals surface area contributed by atoms with E-state index in [2.05, 4.69) is 4.99 Å². The number of hydrogen-bond donors (Lipinski definition) is 0. The Balaban J connectivity index is 1.79. The van der Waals surface area contributed by atoms with Gasteiger partial charge in [-0.05, 0) is 36.6 Å². The van der Waals surface area contributed by atoms with E-state index < -0.39 is 0 Å². The smallest absolute Gasteiger partial charge is 0.214 e. The van der Waals surface area contributed by atoms with Crippen LogP contribution < -0.4 is 14.4 Å². The van der Waals surface area contributed by atoms with Crippen LogP contribution in [0.3, 0.4) is 0 Å². The predicted molar refractivity (Wildman–Crippen MR) is 109 cm³/mol. The number of carbonyl (C=O) groups excluding carboxylic acids is 2. The maximum Gasteiger partial charge on any atom is 0.214 e. The molecule has 1 heterocycles. The average Bonchev–Trinajstić information content (AvgIpc) is 3.08. The number of para-hydroxylation sites is 1. The summed E-state index contributed by atoms with van der Waals surface area (Å²) in [5.74, 6) is 1.22. The first-order valence-corrected chi connectivity index (χ1v) is 9.28. The Hall–Kier alpha value is -3.15. The number of anilines is 1. The minimum atomic E-state index is -0.117. The van der Waals surface area contributed by atoms with E-state index in [0.717, 1.165) is 41.6 Å². The van der Waals surface area contributed by atoms with E-state index in [1.165, 1.54) is 0 Å². The van der Waals surface area contributed by atoms with Crippen molar-refractivity contribution in [2.75, 3.05) is 18.6 Å². The van der Waals surface area contributed by atoms with Crippen LogP contribution in [0.5, 0.6) is 11.5 Å². The van der Waals surface area contributed by atoms with Crippen LogP contribution >= 0.6 is 0 Å². The predicted octanol–water partition coefficient (Wildman–Crippen LogP) is 3.65. The molecule has 0 saturated carbocycles. The fourth-order valence-electron chi connectivity index (χ4n) is 3.27. The van der Waals surface area contributed by atoms with E-state index in [0.29, 0.717) is 30.9 Å². The molecule has 28 heavy (non-hydrogen) atoms. The Morgan fingerprint density at radius 3 is 2.79 bits per heavy atom. The second-order valence-electron chi connectivity index (χ2n) is 6.64. The Morgan fingerprint density at radius 2 is 2.04 bits per heavy atom. The normalized spacial score (nSPS) is 15.5. The molecule has 6 heteroatoms. The van der Waals surface area contributed by atoms with Crippen molar-refractivity contribution in [3.63, 3.8) is 0 Å². The van der Waals surface area contributed by atoms with Gasteiger partial charge < -0.3 is 19.2 Å². The number of benzene rings is 2. The molecule has 2 aromatic carbocycles. The number of fused-ring (bicyclic) bond motifs is 1. The largest absolute Gasteiger partial charge is 0.493 e. The van der Waals surface area contributed by atoms with E-state index >= 15 is 0 Å². The van der Waals surface area contributed by atoms with Crippen molar-refractivity contribution in [3.05, 3.63) is 47.5 Å². The minimum absolute atomic E-state index is 0.117. The number of nitrogens with zero attached hydrogens (tertiary/aromatic N) is 2. The zero-order valence-corrected chi connectivity index (χ0v) is 16.1. The minimum Gasteiger partial charge on any atom is -0.493 e. The van der Waals surface area contributed by atoms with Gasteiger partial charge in [-0.2, -0.15) is 0 Å². The number of aliphatic imine (C=N–C) groups is 1. The Morgan fingerprint density at radius 1 is 1.21 bits per heavy atom. The molecule has 3 rings (SSSR count). The summed E-state index contributed by atoms with van der Waals surface area (Å²) in [6, 6.07) is 11.5. The quantitative estimate of drug-likeness (QED) is 0.378. The third-order valence-electron chi connectivity index (χ3n) is 4.76. The number of carbonyl (C=O) groups is 2. The van der Waals surface area contributed by atoms with Crippen molar-refractivity contribution in [1.29, 1.82) is 0 Å². The second-order valence-corrected chi connectivity index (χ2v) is 6.64. The van der Waals surface area contributed by atoms with E-state index in [4.69, 9.17) is 9.47 Å². The molecule has 0 aliphatic carbocycles. The average molecular weight is 380 g/mol. The van der Waals surface area contributed by atoms with Gasteiger partial charge in [0, 0.05) is 30.8 Å². The lowest BCUT2D eigenvalue weighted by molar-refractivity contribution is -0.108. The zero-order valence-electron chi connectivity index (χ0n) is 16.1. The van der Waals surface area contributed by atoms with Crippen molar-refractivity contribution < 1.29 is 19.1 Å². The van der Waals surface area contributed by atoms with Crippen LogP contribution in [0.25, 0.3) is 0 Å². The van der Waals surface area contributed by atoms with Crippen molar-refractivity contribution in [2.45, 2.75) is 32.2 Å². The highest BCUT2D eigenvalue weighted by Gasteiger charge is 2.27. The zero-order chi connectivity index (χ0) is 19.9. The SMILES string of the molecule is COc1cc(C)c(N=CC2Cc3ccccc3N2C=O)cc1OCCCC=O. The van der Waals surface area contributed by atoms with Crippen LogP contribution in [0.15, 0.2) is 41.4 Å². The first-order chi connectivity index (χ1) is 13.7. The van der Waals surface area contributed by atoms with Crippen LogP contribution in [0.4, 0.5) is 11.4 Å². The Bertz CT molecular complexity index is 879. The van der Waals surface area contributed by atoms with Gasteiger partial charge >= 0.3 is 0 Å². The number of rotatable bonds is 9. The number of aldehydes is 1. The highest BCUT2D eigenvalue weighted by Crippen LogP contribution is 2.35. The monoisotopic (exact) mass is 380 g/mol. The van der Waals surface area contributed by atoms with Crippen molar-refractivity contribution >= 4 is 30.3 Å². The number of unbranched alkanes of at least 4 members (excludes halogenated alkanes) is 1. The van der Waals surface area contributed by atoms with E-state index in [1.54, 1.807) is 18.2 Å². The molecule has 1 atom stereocenters. The molecule has 0 saturated heterocycles. The maximum atomic E-state index is 11.6. The summed E-state index contributed by atoms with van der Waals surface area (Å²) >= 11 is 0.